The van der Waals surface area contributed by atoms with Crippen molar-refractivity contribution >= 4 is 11.7 Å². The summed E-state index contributed by atoms with van der Waals surface area (Å²) in [6.07, 6.45) is 3.62. The highest BCUT2D eigenvalue weighted by molar-refractivity contribution is 5.95. The SMILES string of the molecule is C=CC(C)C(Nc1ccccc1C(=O)OC)c1ccccn1. The Balaban J connectivity index is 2.36. The van der Waals surface area contributed by atoms with E-state index in [1.165, 1.54) is 7.11 Å². The maximum Gasteiger partial charge on any atom is 0.339 e. The Morgan fingerprint density at radius 1 is 1.27 bits per heavy atom. The van der Waals surface area contributed by atoms with Crippen molar-refractivity contribution in [2.75, 3.05) is 12.4 Å². The molecule has 0 spiro atoms. The van der Waals surface area contributed by atoms with Gasteiger partial charge in [-0.3, -0.25) is 4.98 Å². The van der Waals surface area contributed by atoms with Gasteiger partial charge in [0.1, 0.15) is 0 Å². The number of nitrogens with zero attached hydrogens (tertiary/aromatic N) is 1. The van der Waals surface area contributed by atoms with Crippen molar-refractivity contribution in [3.05, 3.63) is 72.6 Å². The predicted molar refractivity (Wildman–Crippen MR) is 87.7 cm³/mol. The molecule has 0 radical (unpaired) electrons. The van der Waals surface area contributed by atoms with Gasteiger partial charge in [0, 0.05) is 11.9 Å². The average Bonchev–Trinajstić information content (AvgIpc) is 2.59. The molecule has 0 aliphatic rings. The number of hydrogen-bond acceptors (Lipinski definition) is 4. The van der Waals surface area contributed by atoms with Gasteiger partial charge in [-0.25, -0.2) is 4.79 Å². The molecule has 0 bridgehead atoms. The lowest BCUT2D eigenvalue weighted by Crippen LogP contribution is -2.20. The van der Waals surface area contributed by atoms with E-state index in [1.807, 2.05) is 42.5 Å². The molecule has 4 nitrogen and oxygen atoms in total. The van der Waals surface area contributed by atoms with Crippen LogP contribution in [0.3, 0.4) is 0 Å². The fraction of sp³-hybridized carbons (Fsp3) is 0.222. The van der Waals surface area contributed by atoms with E-state index in [2.05, 4.69) is 23.8 Å². The van der Waals surface area contributed by atoms with Gasteiger partial charge >= 0.3 is 5.97 Å². The third-order valence-electron chi connectivity index (χ3n) is 3.55. The molecule has 1 aromatic carbocycles. The summed E-state index contributed by atoms with van der Waals surface area (Å²) in [5.74, 6) is -0.227. The molecule has 0 saturated heterocycles. The van der Waals surface area contributed by atoms with Crippen molar-refractivity contribution in [3.8, 4) is 0 Å². The van der Waals surface area contributed by atoms with Crippen molar-refractivity contribution in [2.45, 2.75) is 13.0 Å². The van der Waals surface area contributed by atoms with Gasteiger partial charge in [0.25, 0.3) is 0 Å². The Bertz CT molecular complexity index is 641. The number of carbonyl (C=O) groups excluding carboxylic acids is 1. The molecule has 1 heterocycles. The zero-order valence-corrected chi connectivity index (χ0v) is 12.8. The van der Waals surface area contributed by atoms with Crippen LogP contribution >= 0.6 is 0 Å². The van der Waals surface area contributed by atoms with Crippen LogP contribution in [-0.4, -0.2) is 18.1 Å². The first-order valence-electron chi connectivity index (χ1n) is 7.14. The largest absolute Gasteiger partial charge is 0.465 e. The van der Waals surface area contributed by atoms with Gasteiger partial charge in [-0.05, 0) is 30.2 Å². The van der Waals surface area contributed by atoms with Crippen LogP contribution in [-0.2, 0) is 4.74 Å². The van der Waals surface area contributed by atoms with Crippen LogP contribution in [0.15, 0.2) is 61.3 Å². The summed E-state index contributed by atoms with van der Waals surface area (Å²) in [6, 6.07) is 13.0. The van der Waals surface area contributed by atoms with Crippen molar-refractivity contribution in [1.82, 2.24) is 4.98 Å². The number of rotatable bonds is 6. The molecule has 2 atom stereocenters. The van der Waals surface area contributed by atoms with Crippen LogP contribution in [0.1, 0.15) is 29.0 Å². The number of ether oxygens (including phenoxy) is 1. The molecule has 2 rings (SSSR count). The summed E-state index contributed by atoms with van der Waals surface area (Å²) in [6.45, 7) is 5.92. The van der Waals surface area contributed by atoms with E-state index >= 15 is 0 Å². The molecular weight excluding hydrogens is 276 g/mol. The van der Waals surface area contributed by atoms with Gasteiger partial charge in [0.05, 0.1) is 24.4 Å². The minimum Gasteiger partial charge on any atom is -0.465 e. The number of nitrogens with one attached hydrogen (secondary N) is 1. The van der Waals surface area contributed by atoms with Gasteiger partial charge in [-0.15, -0.1) is 6.58 Å². The van der Waals surface area contributed by atoms with Crippen molar-refractivity contribution in [1.29, 1.82) is 0 Å². The Hall–Kier alpha value is -2.62. The molecule has 1 N–H and O–H groups in total. The Morgan fingerprint density at radius 3 is 2.64 bits per heavy atom. The second-order valence-corrected chi connectivity index (χ2v) is 5.01. The fourth-order valence-corrected chi connectivity index (χ4v) is 2.24. The highest BCUT2D eigenvalue weighted by Gasteiger charge is 2.20. The maximum atomic E-state index is 11.9. The number of pyridine rings is 1. The van der Waals surface area contributed by atoms with Crippen molar-refractivity contribution in [2.24, 2.45) is 5.92 Å². The van der Waals surface area contributed by atoms with Crippen LogP contribution < -0.4 is 5.32 Å². The van der Waals surface area contributed by atoms with Crippen molar-refractivity contribution in [3.63, 3.8) is 0 Å². The van der Waals surface area contributed by atoms with Gasteiger partial charge in [0.15, 0.2) is 0 Å². The van der Waals surface area contributed by atoms with E-state index in [4.69, 9.17) is 4.74 Å². The molecule has 0 aliphatic carbocycles. The summed E-state index contributed by atoms with van der Waals surface area (Å²) < 4.78 is 4.84. The van der Waals surface area contributed by atoms with Gasteiger partial charge < -0.3 is 10.1 Å². The predicted octanol–water partition coefficient (Wildman–Crippen LogP) is 3.84. The van der Waals surface area contributed by atoms with E-state index in [0.29, 0.717) is 5.56 Å². The van der Waals surface area contributed by atoms with Crippen LogP contribution in [0.25, 0.3) is 0 Å². The highest BCUT2D eigenvalue weighted by Crippen LogP contribution is 2.28. The van der Waals surface area contributed by atoms with E-state index in [-0.39, 0.29) is 17.9 Å². The first-order valence-corrected chi connectivity index (χ1v) is 7.14. The second-order valence-electron chi connectivity index (χ2n) is 5.01. The smallest absolute Gasteiger partial charge is 0.339 e. The molecule has 0 saturated carbocycles. The molecule has 1 aromatic heterocycles. The van der Waals surface area contributed by atoms with Gasteiger partial charge in [0.2, 0.25) is 0 Å². The number of methoxy groups -OCH3 is 1. The number of hydrogen-bond donors (Lipinski definition) is 1. The molecule has 0 aliphatic heterocycles. The van der Waals surface area contributed by atoms with Gasteiger partial charge in [-0.2, -0.15) is 0 Å². The molecular formula is C18H20N2O2. The number of para-hydroxylation sites is 1. The molecule has 114 valence electrons. The summed E-state index contributed by atoms with van der Waals surface area (Å²) >= 11 is 0. The molecule has 2 aromatic rings. The van der Waals surface area contributed by atoms with E-state index in [1.54, 1.807) is 12.3 Å². The van der Waals surface area contributed by atoms with E-state index < -0.39 is 0 Å². The van der Waals surface area contributed by atoms with E-state index in [0.717, 1.165) is 11.4 Å². The highest BCUT2D eigenvalue weighted by atomic mass is 16.5. The fourth-order valence-electron chi connectivity index (χ4n) is 2.24. The molecule has 22 heavy (non-hydrogen) atoms. The number of benzene rings is 1. The molecule has 2 unspecified atom stereocenters. The number of esters is 1. The summed E-state index contributed by atoms with van der Waals surface area (Å²) in [7, 11) is 1.38. The minimum atomic E-state index is -0.367. The Labute approximate surface area is 130 Å². The second kappa shape index (κ2) is 7.41. The van der Waals surface area contributed by atoms with Crippen molar-refractivity contribution < 1.29 is 9.53 Å². The first-order chi connectivity index (χ1) is 10.7. The lowest BCUT2D eigenvalue weighted by Gasteiger charge is -2.24. The summed E-state index contributed by atoms with van der Waals surface area (Å²) in [4.78, 5) is 16.3. The summed E-state index contributed by atoms with van der Waals surface area (Å²) in [5, 5.41) is 3.40. The molecule has 0 amide bonds. The summed E-state index contributed by atoms with van der Waals surface area (Å²) in [5.41, 5.74) is 2.12. The van der Waals surface area contributed by atoms with Crippen LogP contribution in [0, 0.1) is 5.92 Å². The van der Waals surface area contributed by atoms with E-state index in [9.17, 15) is 4.79 Å². The third kappa shape index (κ3) is 3.52. The molecule has 4 heteroatoms. The quantitative estimate of drug-likeness (QED) is 0.650. The molecule has 0 fully saturated rings. The van der Waals surface area contributed by atoms with Crippen LogP contribution in [0.4, 0.5) is 5.69 Å². The average molecular weight is 296 g/mol. The zero-order valence-electron chi connectivity index (χ0n) is 12.8. The standard InChI is InChI=1S/C18H20N2O2/c1-4-13(2)17(16-11-7-8-12-19-16)20-15-10-6-5-9-14(15)18(21)22-3/h4-13,17,20H,1H2,2-3H3. The Morgan fingerprint density at radius 2 is 2.00 bits per heavy atom. The van der Waals surface area contributed by atoms with Crippen LogP contribution in [0.2, 0.25) is 0 Å². The normalized spacial score (nSPS) is 13.0. The first kappa shape index (κ1) is 15.8. The number of aromatic nitrogens is 1. The minimum absolute atomic E-state index is 0.0792. The van der Waals surface area contributed by atoms with Crippen LogP contribution in [0.5, 0.6) is 0 Å². The third-order valence-corrected chi connectivity index (χ3v) is 3.55. The monoisotopic (exact) mass is 296 g/mol. The number of anilines is 1. The maximum absolute atomic E-state index is 11.9. The Kier molecular flexibility index (Phi) is 5.31. The number of carbonyl (C=O) groups is 1. The zero-order chi connectivity index (χ0) is 15.9. The topological polar surface area (TPSA) is 51.2 Å². The lowest BCUT2D eigenvalue weighted by atomic mass is 9.97. The lowest BCUT2D eigenvalue weighted by molar-refractivity contribution is 0.0601. The van der Waals surface area contributed by atoms with Gasteiger partial charge in [-0.1, -0.05) is 31.2 Å².